The highest BCUT2D eigenvalue weighted by Crippen LogP contribution is 1.99. The van der Waals surface area contributed by atoms with E-state index in [4.69, 9.17) is 4.42 Å². The smallest absolute Gasteiger partial charge is 0.237 e. The van der Waals surface area contributed by atoms with Crippen LogP contribution in [-0.2, 0) is 17.9 Å². The molecular formula is C14H17N3O2. The maximum Gasteiger partial charge on any atom is 0.237 e. The second-order valence-electron chi connectivity index (χ2n) is 4.26. The fraction of sp³-hybridized carbons (Fsp3) is 0.286. The van der Waals surface area contributed by atoms with Gasteiger partial charge in [-0.3, -0.25) is 9.78 Å². The van der Waals surface area contributed by atoms with Gasteiger partial charge in [0.25, 0.3) is 0 Å². The van der Waals surface area contributed by atoms with Crippen LogP contribution in [0.2, 0.25) is 0 Å². The highest BCUT2D eigenvalue weighted by Gasteiger charge is 2.11. The van der Waals surface area contributed by atoms with Crippen LogP contribution >= 0.6 is 0 Å². The fourth-order valence-corrected chi connectivity index (χ4v) is 1.61. The van der Waals surface area contributed by atoms with E-state index >= 15 is 0 Å². The standard InChI is InChI=1S/C14H17N3O2/c1-11(16-9-12-4-2-6-15-8-12)14(18)17-10-13-5-3-7-19-13/h2-8,11,16H,9-10H2,1H3,(H,17,18). The number of furan rings is 1. The molecule has 1 unspecified atom stereocenters. The molecule has 2 aromatic rings. The van der Waals surface area contributed by atoms with E-state index in [9.17, 15) is 4.79 Å². The predicted molar refractivity (Wildman–Crippen MR) is 71.1 cm³/mol. The number of pyridine rings is 1. The van der Waals surface area contributed by atoms with Crippen LogP contribution in [0.1, 0.15) is 18.2 Å². The lowest BCUT2D eigenvalue weighted by Crippen LogP contribution is -2.41. The molecule has 2 rings (SSSR count). The van der Waals surface area contributed by atoms with Crippen LogP contribution in [0.15, 0.2) is 47.3 Å². The molecule has 5 heteroatoms. The van der Waals surface area contributed by atoms with E-state index in [0.29, 0.717) is 13.1 Å². The lowest BCUT2D eigenvalue weighted by atomic mass is 10.2. The van der Waals surface area contributed by atoms with Crippen LogP contribution in [0.3, 0.4) is 0 Å². The first-order valence-corrected chi connectivity index (χ1v) is 6.18. The quantitative estimate of drug-likeness (QED) is 0.824. The molecule has 0 aromatic carbocycles. The molecule has 0 aliphatic heterocycles. The Morgan fingerprint density at radius 2 is 2.26 bits per heavy atom. The fourth-order valence-electron chi connectivity index (χ4n) is 1.61. The summed E-state index contributed by atoms with van der Waals surface area (Å²) in [6.07, 6.45) is 5.09. The summed E-state index contributed by atoms with van der Waals surface area (Å²) in [5, 5.41) is 5.96. The Balaban J connectivity index is 1.73. The third-order valence-corrected chi connectivity index (χ3v) is 2.75. The molecule has 5 nitrogen and oxygen atoms in total. The molecule has 100 valence electrons. The number of carbonyl (C=O) groups is 1. The molecule has 0 aliphatic rings. The van der Waals surface area contributed by atoms with E-state index in [2.05, 4.69) is 15.6 Å². The van der Waals surface area contributed by atoms with Crippen molar-refractivity contribution in [2.45, 2.75) is 26.1 Å². The number of carbonyl (C=O) groups excluding carboxylic acids is 1. The molecular weight excluding hydrogens is 242 g/mol. The number of hydrogen-bond acceptors (Lipinski definition) is 4. The predicted octanol–water partition coefficient (Wildman–Crippen LogP) is 1.47. The lowest BCUT2D eigenvalue weighted by Gasteiger charge is -2.13. The minimum Gasteiger partial charge on any atom is -0.467 e. The summed E-state index contributed by atoms with van der Waals surface area (Å²) < 4.78 is 5.15. The Morgan fingerprint density at radius 1 is 1.37 bits per heavy atom. The summed E-state index contributed by atoms with van der Waals surface area (Å²) in [4.78, 5) is 15.9. The molecule has 0 saturated heterocycles. The Kier molecular flexibility index (Phi) is 4.69. The van der Waals surface area contributed by atoms with Crippen molar-refractivity contribution in [1.29, 1.82) is 0 Å². The zero-order valence-corrected chi connectivity index (χ0v) is 10.8. The van der Waals surface area contributed by atoms with Gasteiger partial charge in [-0.2, -0.15) is 0 Å². The molecule has 0 fully saturated rings. The Labute approximate surface area is 112 Å². The normalized spacial score (nSPS) is 12.1. The number of amides is 1. The Hall–Kier alpha value is -2.14. The molecule has 2 heterocycles. The first-order valence-electron chi connectivity index (χ1n) is 6.18. The molecule has 0 saturated carbocycles. The maximum atomic E-state index is 11.8. The van der Waals surface area contributed by atoms with Crippen molar-refractivity contribution in [2.75, 3.05) is 0 Å². The summed E-state index contributed by atoms with van der Waals surface area (Å²) in [6, 6.07) is 7.20. The van der Waals surface area contributed by atoms with E-state index in [-0.39, 0.29) is 11.9 Å². The second kappa shape index (κ2) is 6.70. The van der Waals surface area contributed by atoms with Gasteiger partial charge in [-0.15, -0.1) is 0 Å². The number of nitrogens with zero attached hydrogens (tertiary/aromatic N) is 1. The van der Waals surface area contributed by atoms with E-state index < -0.39 is 0 Å². The van der Waals surface area contributed by atoms with Gasteiger partial charge in [0.15, 0.2) is 0 Å². The maximum absolute atomic E-state index is 11.8. The monoisotopic (exact) mass is 259 g/mol. The molecule has 2 aromatic heterocycles. The van der Waals surface area contributed by atoms with Gasteiger partial charge in [-0.25, -0.2) is 0 Å². The molecule has 0 radical (unpaired) electrons. The van der Waals surface area contributed by atoms with Gasteiger partial charge in [-0.1, -0.05) is 6.07 Å². The average molecular weight is 259 g/mol. The first kappa shape index (κ1) is 13.3. The van der Waals surface area contributed by atoms with Crippen molar-refractivity contribution in [1.82, 2.24) is 15.6 Å². The molecule has 1 amide bonds. The van der Waals surface area contributed by atoms with Crippen molar-refractivity contribution < 1.29 is 9.21 Å². The molecule has 1 atom stereocenters. The topological polar surface area (TPSA) is 67.2 Å². The van der Waals surface area contributed by atoms with E-state index in [1.165, 1.54) is 0 Å². The van der Waals surface area contributed by atoms with Crippen LogP contribution in [0.4, 0.5) is 0 Å². The minimum absolute atomic E-state index is 0.0553. The zero-order chi connectivity index (χ0) is 13.5. The van der Waals surface area contributed by atoms with Gasteiger partial charge >= 0.3 is 0 Å². The highest BCUT2D eigenvalue weighted by molar-refractivity contribution is 5.81. The summed E-state index contributed by atoms with van der Waals surface area (Å²) in [5.41, 5.74) is 1.05. The number of aromatic nitrogens is 1. The molecule has 0 aliphatic carbocycles. The van der Waals surface area contributed by atoms with Crippen molar-refractivity contribution in [3.05, 3.63) is 54.2 Å². The average Bonchev–Trinajstić information content (AvgIpc) is 2.96. The van der Waals surface area contributed by atoms with Gasteiger partial charge in [0.2, 0.25) is 5.91 Å². The van der Waals surface area contributed by atoms with Crippen LogP contribution in [-0.4, -0.2) is 16.9 Å². The van der Waals surface area contributed by atoms with Crippen molar-refractivity contribution in [3.8, 4) is 0 Å². The largest absolute Gasteiger partial charge is 0.467 e. The van der Waals surface area contributed by atoms with Crippen LogP contribution in [0, 0.1) is 0 Å². The van der Waals surface area contributed by atoms with Gasteiger partial charge in [0, 0.05) is 18.9 Å². The van der Waals surface area contributed by atoms with E-state index in [0.717, 1.165) is 11.3 Å². The van der Waals surface area contributed by atoms with Crippen LogP contribution < -0.4 is 10.6 Å². The highest BCUT2D eigenvalue weighted by atomic mass is 16.3. The Bertz CT molecular complexity index is 497. The second-order valence-corrected chi connectivity index (χ2v) is 4.26. The number of hydrogen-bond donors (Lipinski definition) is 2. The van der Waals surface area contributed by atoms with Gasteiger partial charge in [-0.05, 0) is 30.7 Å². The molecule has 0 spiro atoms. The van der Waals surface area contributed by atoms with Crippen molar-refractivity contribution in [3.63, 3.8) is 0 Å². The first-order chi connectivity index (χ1) is 9.25. The summed E-state index contributed by atoms with van der Waals surface area (Å²) in [5.74, 6) is 0.688. The van der Waals surface area contributed by atoms with Crippen LogP contribution in [0.5, 0.6) is 0 Å². The number of rotatable bonds is 6. The summed E-state index contributed by atoms with van der Waals surface area (Å²) >= 11 is 0. The third-order valence-electron chi connectivity index (χ3n) is 2.75. The minimum atomic E-state index is -0.268. The molecule has 0 bridgehead atoms. The molecule has 2 N–H and O–H groups in total. The SMILES string of the molecule is CC(NCc1cccnc1)C(=O)NCc1ccco1. The van der Waals surface area contributed by atoms with Gasteiger partial charge < -0.3 is 15.1 Å². The summed E-state index contributed by atoms with van der Waals surface area (Å²) in [6.45, 7) is 2.85. The van der Waals surface area contributed by atoms with Gasteiger partial charge in [0.05, 0.1) is 18.8 Å². The van der Waals surface area contributed by atoms with Crippen molar-refractivity contribution >= 4 is 5.91 Å². The Morgan fingerprint density at radius 3 is 2.95 bits per heavy atom. The number of nitrogens with one attached hydrogen (secondary N) is 2. The lowest BCUT2D eigenvalue weighted by molar-refractivity contribution is -0.123. The third kappa shape index (κ3) is 4.22. The van der Waals surface area contributed by atoms with Gasteiger partial charge in [0.1, 0.15) is 5.76 Å². The van der Waals surface area contributed by atoms with E-state index in [1.807, 2.05) is 25.1 Å². The summed E-state index contributed by atoms with van der Waals surface area (Å²) in [7, 11) is 0. The van der Waals surface area contributed by atoms with E-state index in [1.54, 1.807) is 24.7 Å². The zero-order valence-electron chi connectivity index (χ0n) is 10.8. The molecule has 19 heavy (non-hydrogen) atoms. The van der Waals surface area contributed by atoms with Crippen molar-refractivity contribution in [2.24, 2.45) is 0 Å². The van der Waals surface area contributed by atoms with Crippen LogP contribution in [0.25, 0.3) is 0 Å².